The van der Waals surface area contributed by atoms with Crippen molar-refractivity contribution in [1.82, 2.24) is 0 Å². The van der Waals surface area contributed by atoms with Crippen LogP contribution in [0.4, 0.5) is 5.69 Å². The van der Waals surface area contributed by atoms with Crippen molar-refractivity contribution in [3.05, 3.63) is 23.3 Å². The number of ether oxygens (including phenoxy) is 1. The summed E-state index contributed by atoms with van der Waals surface area (Å²) >= 11 is 0. The molecule has 2 rings (SSSR count). The molecule has 0 aliphatic carbocycles. The summed E-state index contributed by atoms with van der Waals surface area (Å²) in [5.74, 6) is 0.426. The van der Waals surface area contributed by atoms with Crippen LogP contribution in [0.25, 0.3) is 0 Å². The van der Waals surface area contributed by atoms with E-state index < -0.39 is 0 Å². The van der Waals surface area contributed by atoms with Gasteiger partial charge in [0, 0.05) is 19.0 Å². The zero-order valence-corrected chi connectivity index (χ0v) is 13.4. The zero-order chi connectivity index (χ0) is 15.8. The number of aryl methyl sites for hydroxylation is 1. The first-order valence-corrected chi connectivity index (χ1v) is 7.30. The molecule has 0 saturated heterocycles. The van der Waals surface area contributed by atoms with Crippen LogP contribution in [0.1, 0.15) is 45.2 Å². The van der Waals surface area contributed by atoms with Crippen LogP contribution in [0, 0.1) is 12.3 Å². The van der Waals surface area contributed by atoms with Gasteiger partial charge in [0.1, 0.15) is 5.75 Å². The second-order valence-electron chi connectivity index (χ2n) is 6.84. The van der Waals surface area contributed by atoms with E-state index in [1.54, 1.807) is 11.8 Å². The first kappa shape index (κ1) is 15.5. The van der Waals surface area contributed by atoms with Crippen LogP contribution in [0.2, 0.25) is 0 Å². The molecule has 1 aromatic rings. The first-order chi connectivity index (χ1) is 9.69. The molecule has 0 fully saturated rings. The van der Waals surface area contributed by atoms with Crippen molar-refractivity contribution in [3.8, 4) is 5.75 Å². The van der Waals surface area contributed by atoms with Gasteiger partial charge < -0.3 is 9.64 Å². The number of hydrogen-bond donors (Lipinski definition) is 0. The van der Waals surface area contributed by atoms with Gasteiger partial charge in [0.25, 0.3) is 0 Å². The highest BCUT2D eigenvalue weighted by Crippen LogP contribution is 2.38. The van der Waals surface area contributed by atoms with Crippen LogP contribution in [0.5, 0.6) is 5.75 Å². The van der Waals surface area contributed by atoms with Crippen molar-refractivity contribution in [2.24, 2.45) is 5.41 Å². The number of rotatable bonds is 2. The van der Waals surface area contributed by atoms with Gasteiger partial charge >= 0.3 is 5.97 Å². The SMILES string of the molecule is CC(=O)N1CCc2c1ccc(C)c2OC(=O)CC(C)(C)C. The van der Waals surface area contributed by atoms with Crippen LogP contribution in [-0.4, -0.2) is 18.4 Å². The zero-order valence-electron chi connectivity index (χ0n) is 13.4. The summed E-state index contributed by atoms with van der Waals surface area (Å²) in [6.07, 6.45) is 1.10. The molecule has 0 atom stereocenters. The van der Waals surface area contributed by atoms with Crippen LogP contribution in [0.15, 0.2) is 12.1 Å². The Hall–Kier alpha value is -1.84. The third-order valence-corrected chi connectivity index (χ3v) is 3.58. The maximum Gasteiger partial charge on any atom is 0.311 e. The number of nitrogens with zero attached hydrogens (tertiary/aromatic N) is 1. The first-order valence-electron chi connectivity index (χ1n) is 7.30. The molecule has 1 aliphatic rings. The summed E-state index contributed by atoms with van der Waals surface area (Å²) in [5.41, 5.74) is 2.66. The third kappa shape index (κ3) is 3.43. The molecule has 21 heavy (non-hydrogen) atoms. The van der Waals surface area contributed by atoms with Crippen LogP contribution >= 0.6 is 0 Å². The fraction of sp³-hybridized carbons (Fsp3) is 0.529. The van der Waals surface area contributed by atoms with Crippen LogP contribution in [0.3, 0.4) is 0 Å². The van der Waals surface area contributed by atoms with E-state index in [4.69, 9.17) is 4.74 Å². The molecule has 114 valence electrons. The summed E-state index contributed by atoms with van der Waals surface area (Å²) in [6, 6.07) is 3.83. The summed E-state index contributed by atoms with van der Waals surface area (Å²) < 4.78 is 5.62. The van der Waals surface area contributed by atoms with E-state index in [1.807, 2.05) is 39.8 Å². The average Bonchev–Trinajstić information content (AvgIpc) is 2.74. The molecule has 0 aromatic heterocycles. The van der Waals surface area contributed by atoms with Gasteiger partial charge in [-0.2, -0.15) is 0 Å². The summed E-state index contributed by atoms with van der Waals surface area (Å²) in [6.45, 7) is 10.2. The minimum absolute atomic E-state index is 0.0181. The van der Waals surface area contributed by atoms with Crippen LogP contribution in [-0.2, 0) is 16.0 Å². The van der Waals surface area contributed by atoms with Gasteiger partial charge in [-0.1, -0.05) is 26.8 Å². The van der Waals surface area contributed by atoms with E-state index in [0.717, 1.165) is 23.2 Å². The molecular weight excluding hydrogens is 266 g/mol. The molecule has 1 aliphatic heterocycles. The highest BCUT2D eigenvalue weighted by Gasteiger charge is 2.28. The Morgan fingerprint density at radius 3 is 2.52 bits per heavy atom. The number of hydrogen-bond acceptors (Lipinski definition) is 3. The molecule has 4 nitrogen and oxygen atoms in total. The lowest BCUT2D eigenvalue weighted by Gasteiger charge is -2.19. The van der Waals surface area contributed by atoms with Gasteiger partial charge in [0.05, 0.1) is 12.1 Å². The number of amides is 1. The molecule has 1 aromatic carbocycles. The monoisotopic (exact) mass is 289 g/mol. The second-order valence-corrected chi connectivity index (χ2v) is 6.84. The molecular formula is C17H23NO3. The van der Waals surface area contributed by atoms with Crippen molar-refractivity contribution in [3.63, 3.8) is 0 Å². The van der Waals surface area contributed by atoms with Crippen molar-refractivity contribution in [2.45, 2.75) is 47.5 Å². The lowest BCUT2D eigenvalue weighted by Crippen LogP contribution is -2.25. The summed E-state index contributed by atoms with van der Waals surface area (Å²) in [7, 11) is 0. The minimum Gasteiger partial charge on any atom is -0.426 e. The van der Waals surface area contributed by atoms with Crippen molar-refractivity contribution >= 4 is 17.6 Å². The Morgan fingerprint density at radius 2 is 1.95 bits per heavy atom. The molecule has 0 unspecified atom stereocenters. The number of carbonyl (C=O) groups is 2. The third-order valence-electron chi connectivity index (χ3n) is 3.58. The van der Waals surface area contributed by atoms with Crippen LogP contribution < -0.4 is 9.64 Å². The topological polar surface area (TPSA) is 46.6 Å². The van der Waals surface area contributed by atoms with E-state index in [0.29, 0.717) is 18.7 Å². The van der Waals surface area contributed by atoms with Gasteiger partial charge in [-0.05, 0) is 30.4 Å². The smallest absolute Gasteiger partial charge is 0.311 e. The number of fused-ring (bicyclic) bond motifs is 1. The maximum absolute atomic E-state index is 12.1. The van der Waals surface area contributed by atoms with Gasteiger partial charge in [-0.3, -0.25) is 9.59 Å². The molecule has 1 heterocycles. The van der Waals surface area contributed by atoms with E-state index in [9.17, 15) is 9.59 Å². The fourth-order valence-corrected chi connectivity index (χ4v) is 2.63. The molecule has 0 saturated carbocycles. The Bertz CT molecular complexity index is 584. The highest BCUT2D eigenvalue weighted by atomic mass is 16.5. The second kappa shape index (κ2) is 5.51. The normalized spacial score (nSPS) is 14.0. The quantitative estimate of drug-likeness (QED) is 0.620. The largest absolute Gasteiger partial charge is 0.426 e. The lowest BCUT2D eigenvalue weighted by atomic mass is 9.92. The molecule has 0 N–H and O–H groups in total. The number of anilines is 1. The van der Waals surface area contributed by atoms with Gasteiger partial charge in [-0.25, -0.2) is 0 Å². The Balaban J connectivity index is 2.29. The van der Waals surface area contributed by atoms with E-state index in [-0.39, 0.29) is 17.3 Å². The minimum atomic E-state index is -0.222. The Morgan fingerprint density at radius 1 is 1.29 bits per heavy atom. The van der Waals surface area contributed by atoms with Gasteiger partial charge in [0.2, 0.25) is 5.91 Å². The molecule has 1 amide bonds. The van der Waals surface area contributed by atoms with Crippen molar-refractivity contribution < 1.29 is 14.3 Å². The molecule has 0 radical (unpaired) electrons. The van der Waals surface area contributed by atoms with Crippen molar-refractivity contribution in [1.29, 1.82) is 0 Å². The predicted molar refractivity (Wildman–Crippen MR) is 82.6 cm³/mol. The maximum atomic E-state index is 12.1. The average molecular weight is 289 g/mol. The summed E-state index contributed by atoms with van der Waals surface area (Å²) in [5, 5.41) is 0. The predicted octanol–water partition coefficient (Wildman–Crippen LogP) is 3.25. The fourth-order valence-electron chi connectivity index (χ4n) is 2.63. The van der Waals surface area contributed by atoms with Crippen molar-refractivity contribution in [2.75, 3.05) is 11.4 Å². The van der Waals surface area contributed by atoms with E-state index in [2.05, 4.69) is 0 Å². The number of esters is 1. The van der Waals surface area contributed by atoms with E-state index >= 15 is 0 Å². The molecule has 4 heteroatoms. The highest BCUT2D eigenvalue weighted by molar-refractivity contribution is 5.94. The lowest BCUT2D eigenvalue weighted by molar-refractivity contribution is -0.136. The Labute approximate surface area is 126 Å². The number of benzene rings is 1. The Kier molecular flexibility index (Phi) is 4.08. The van der Waals surface area contributed by atoms with Gasteiger partial charge in [-0.15, -0.1) is 0 Å². The van der Waals surface area contributed by atoms with Gasteiger partial charge in [0.15, 0.2) is 0 Å². The summed E-state index contributed by atoms with van der Waals surface area (Å²) in [4.78, 5) is 25.5. The molecule has 0 bridgehead atoms. The number of carbonyl (C=O) groups excluding carboxylic acids is 2. The van der Waals surface area contributed by atoms with E-state index in [1.165, 1.54) is 0 Å². The molecule has 0 spiro atoms. The standard InChI is InChI=1S/C17H23NO3/c1-11-6-7-14-13(8-9-18(14)12(2)19)16(11)21-15(20)10-17(3,4)5/h6-7H,8-10H2,1-5H3.